The fraction of sp³-hybridized carbons (Fsp3) is 0.433. The summed E-state index contributed by atoms with van der Waals surface area (Å²) in [7, 11) is 0. The molecule has 0 saturated heterocycles. The van der Waals surface area contributed by atoms with Gasteiger partial charge in [0.2, 0.25) is 0 Å². The van der Waals surface area contributed by atoms with Gasteiger partial charge in [0.05, 0.1) is 11.3 Å². The lowest BCUT2D eigenvalue weighted by Crippen LogP contribution is -2.27. The Bertz CT molecular complexity index is 1050. The second-order valence-corrected chi connectivity index (χ2v) is 11.6. The number of hydrogen-bond acceptors (Lipinski definition) is 4. The van der Waals surface area contributed by atoms with Crippen LogP contribution in [0, 0.1) is 0 Å². The summed E-state index contributed by atoms with van der Waals surface area (Å²) in [5, 5.41) is 0. The number of rotatable bonds is 7. The second-order valence-electron chi connectivity index (χ2n) is 11.6. The first-order valence-electron chi connectivity index (χ1n) is 11.7. The smallest absolute Gasteiger partial charge is 0.185 e. The maximum Gasteiger partial charge on any atom is 0.185 e. The fourth-order valence-corrected chi connectivity index (χ4v) is 3.31. The minimum atomic E-state index is -0.425. The van der Waals surface area contributed by atoms with Crippen molar-refractivity contribution in [3.05, 3.63) is 71.5 Å². The topological polar surface area (TPSA) is 44.8 Å². The average molecular weight is 465 g/mol. The largest absolute Gasteiger partial charge is 0.487 e. The van der Waals surface area contributed by atoms with Gasteiger partial charge >= 0.3 is 0 Å². The van der Waals surface area contributed by atoms with Crippen LogP contribution in [0.3, 0.4) is 0 Å². The maximum atomic E-state index is 13.0. The predicted octanol–water partition coefficient (Wildman–Crippen LogP) is 8.15. The van der Waals surface area contributed by atoms with Gasteiger partial charge in [-0.05, 0) is 96.4 Å². The molecule has 34 heavy (non-hydrogen) atoms. The molecule has 0 aromatic heterocycles. The monoisotopic (exact) mass is 464 g/mol. The highest BCUT2D eigenvalue weighted by molar-refractivity contribution is 6.07. The Labute approximate surface area is 205 Å². The molecule has 4 nitrogen and oxygen atoms in total. The molecule has 0 N–H and O–H groups in total. The molecule has 2 rings (SSSR count). The van der Waals surface area contributed by atoms with E-state index in [-0.39, 0.29) is 11.2 Å². The third-order valence-corrected chi connectivity index (χ3v) is 4.62. The van der Waals surface area contributed by atoms with Crippen LogP contribution in [-0.2, 0) is 5.41 Å². The molecule has 0 aliphatic heterocycles. The number of ether oxygens (including phenoxy) is 3. The lowest BCUT2D eigenvalue weighted by atomic mass is 9.84. The quantitative estimate of drug-likeness (QED) is 0.236. The SMILES string of the molecule is C=C(C)Oc1ccc(C(=O)/C=C/c2c(OC(C)(C)C)ccc(C(C)(C)C)c2OC(C)(C)C)cc1. The standard InChI is InChI=1S/C30H40O4/c1-20(2)32-22-14-12-21(13-15-22)25(31)18-16-23-26(33-29(6,7)8)19-17-24(28(3,4)5)27(23)34-30(9,10)11/h12-19H,1H2,2-11H3/b18-16+. The molecule has 0 saturated carbocycles. The number of carbonyl (C=O) groups is 1. The third-order valence-electron chi connectivity index (χ3n) is 4.62. The Morgan fingerprint density at radius 3 is 1.85 bits per heavy atom. The van der Waals surface area contributed by atoms with Crippen molar-refractivity contribution in [2.24, 2.45) is 0 Å². The molecule has 0 radical (unpaired) electrons. The molecule has 2 aromatic rings. The maximum absolute atomic E-state index is 13.0. The van der Waals surface area contributed by atoms with Crippen LogP contribution in [0.5, 0.6) is 17.2 Å². The van der Waals surface area contributed by atoms with E-state index < -0.39 is 11.2 Å². The third kappa shape index (κ3) is 8.09. The molecule has 0 aliphatic carbocycles. The van der Waals surface area contributed by atoms with Crippen molar-refractivity contribution < 1.29 is 19.0 Å². The number of ketones is 1. The Morgan fingerprint density at radius 2 is 1.38 bits per heavy atom. The highest BCUT2D eigenvalue weighted by Gasteiger charge is 2.27. The van der Waals surface area contributed by atoms with Crippen LogP contribution < -0.4 is 14.2 Å². The molecule has 0 amide bonds. The van der Waals surface area contributed by atoms with Crippen LogP contribution in [0.4, 0.5) is 0 Å². The van der Waals surface area contributed by atoms with Gasteiger partial charge in [0.15, 0.2) is 5.78 Å². The van der Waals surface area contributed by atoms with Gasteiger partial charge in [0.25, 0.3) is 0 Å². The number of carbonyl (C=O) groups excluding carboxylic acids is 1. The van der Waals surface area contributed by atoms with Crippen molar-refractivity contribution in [1.29, 1.82) is 0 Å². The molecule has 184 valence electrons. The normalized spacial score (nSPS) is 12.5. The first-order valence-corrected chi connectivity index (χ1v) is 11.7. The molecule has 4 heteroatoms. The lowest BCUT2D eigenvalue weighted by molar-refractivity contribution is 0.104. The molecule has 0 bridgehead atoms. The molecular formula is C30H40O4. The molecule has 0 heterocycles. The molecule has 0 aliphatic rings. The van der Waals surface area contributed by atoms with Crippen molar-refractivity contribution >= 4 is 11.9 Å². The highest BCUT2D eigenvalue weighted by atomic mass is 16.5. The summed E-state index contributed by atoms with van der Waals surface area (Å²) in [4.78, 5) is 13.0. The van der Waals surface area contributed by atoms with Gasteiger partial charge < -0.3 is 14.2 Å². The first kappa shape index (κ1) is 27.2. The summed E-state index contributed by atoms with van der Waals surface area (Å²) >= 11 is 0. The Kier molecular flexibility index (Phi) is 8.08. The molecule has 0 atom stereocenters. The summed E-state index contributed by atoms with van der Waals surface area (Å²) in [5.41, 5.74) is 1.38. The summed E-state index contributed by atoms with van der Waals surface area (Å²) < 4.78 is 18.2. The fourth-order valence-electron chi connectivity index (χ4n) is 3.31. The van der Waals surface area contributed by atoms with Crippen molar-refractivity contribution in [3.8, 4) is 17.2 Å². The van der Waals surface area contributed by atoms with E-state index in [9.17, 15) is 4.79 Å². The highest BCUT2D eigenvalue weighted by Crippen LogP contribution is 2.42. The van der Waals surface area contributed by atoms with Gasteiger partial charge in [-0.15, -0.1) is 0 Å². The van der Waals surface area contributed by atoms with E-state index >= 15 is 0 Å². The zero-order chi connectivity index (χ0) is 25.9. The first-order chi connectivity index (χ1) is 15.5. The summed E-state index contributed by atoms with van der Waals surface area (Å²) in [6.07, 6.45) is 3.37. The van der Waals surface area contributed by atoms with Gasteiger partial charge in [0, 0.05) is 11.1 Å². The van der Waals surface area contributed by atoms with Crippen molar-refractivity contribution in [1.82, 2.24) is 0 Å². The van der Waals surface area contributed by atoms with E-state index in [1.807, 2.05) is 47.6 Å². The number of allylic oxidation sites excluding steroid dienone is 2. The molecule has 0 fully saturated rings. The van der Waals surface area contributed by atoms with E-state index in [0.29, 0.717) is 22.8 Å². The molecular weight excluding hydrogens is 424 g/mol. The Morgan fingerprint density at radius 1 is 0.824 bits per heavy atom. The van der Waals surface area contributed by atoms with Gasteiger partial charge in [-0.1, -0.05) is 33.4 Å². The summed E-state index contributed by atoms with van der Waals surface area (Å²) in [6, 6.07) is 11.0. The zero-order valence-corrected chi connectivity index (χ0v) is 22.5. The molecule has 0 unspecified atom stereocenters. The van der Waals surface area contributed by atoms with E-state index in [0.717, 1.165) is 16.9 Å². The van der Waals surface area contributed by atoms with Crippen molar-refractivity contribution in [2.45, 2.75) is 85.9 Å². The van der Waals surface area contributed by atoms with Gasteiger partial charge in [-0.3, -0.25) is 4.79 Å². The Balaban J connectivity index is 2.57. The minimum Gasteiger partial charge on any atom is -0.487 e. The van der Waals surface area contributed by atoms with E-state index in [1.54, 1.807) is 43.3 Å². The second kappa shape index (κ2) is 10.1. The van der Waals surface area contributed by atoms with Crippen LogP contribution in [0.2, 0.25) is 0 Å². The van der Waals surface area contributed by atoms with Crippen LogP contribution in [0.1, 0.15) is 90.7 Å². The van der Waals surface area contributed by atoms with Gasteiger partial charge in [-0.25, -0.2) is 0 Å². The van der Waals surface area contributed by atoms with Crippen molar-refractivity contribution in [3.63, 3.8) is 0 Å². The summed E-state index contributed by atoms with van der Waals surface area (Å²) in [5.74, 6) is 2.53. The van der Waals surface area contributed by atoms with Crippen LogP contribution in [-0.4, -0.2) is 17.0 Å². The zero-order valence-electron chi connectivity index (χ0n) is 22.5. The van der Waals surface area contributed by atoms with E-state index in [4.69, 9.17) is 14.2 Å². The van der Waals surface area contributed by atoms with Crippen LogP contribution >= 0.6 is 0 Å². The van der Waals surface area contributed by atoms with Crippen LogP contribution in [0.25, 0.3) is 6.08 Å². The molecule has 2 aromatic carbocycles. The van der Waals surface area contributed by atoms with E-state index in [2.05, 4.69) is 33.4 Å². The van der Waals surface area contributed by atoms with Crippen molar-refractivity contribution in [2.75, 3.05) is 0 Å². The Hall–Kier alpha value is -3.01. The minimum absolute atomic E-state index is 0.119. The predicted molar refractivity (Wildman–Crippen MR) is 141 cm³/mol. The average Bonchev–Trinajstić information content (AvgIpc) is 2.64. The number of benzene rings is 2. The molecule has 0 spiro atoms. The lowest BCUT2D eigenvalue weighted by Gasteiger charge is -2.31. The van der Waals surface area contributed by atoms with Gasteiger partial charge in [-0.2, -0.15) is 0 Å². The number of hydrogen-bond donors (Lipinski definition) is 0. The summed E-state index contributed by atoms with van der Waals surface area (Å²) in [6.45, 7) is 24.0. The van der Waals surface area contributed by atoms with E-state index in [1.165, 1.54) is 0 Å². The van der Waals surface area contributed by atoms with Gasteiger partial charge in [0.1, 0.15) is 28.5 Å². The van der Waals surface area contributed by atoms with Crippen LogP contribution in [0.15, 0.2) is 54.8 Å².